The first-order valence-corrected chi connectivity index (χ1v) is 8.01. The first-order chi connectivity index (χ1) is 10.1. The van der Waals surface area contributed by atoms with E-state index in [-0.39, 0.29) is 6.04 Å². The summed E-state index contributed by atoms with van der Waals surface area (Å²) in [6.07, 6.45) is 7.09. The number of thiazole rings is 1. The summed E-state index contributed by atoms with van der Waals surface area (Å²) in [5.74, 6) is 0.583. The zero-order chi connectivity index (χ0) is 14.6. The molecule has 21 heavy (non-hydrogen) atoms. The number of aliphatic hydroxyl groups is 1. The third-order valence-corrected chi connectivity index (χ3v) is 5.15. The first kappa shape index (κ1) is 13.0. The second-order valence-corrected chi connectivity index (χ2v) is 6.91. The summed E-state index contributed by atoms with van der Waals surface area (Å²) in [6, 6.07) is 0.233. The maximum Gasteiger partial charge on any atom is 0.141 e. The van der Waals surface area contributed by atoms with Gasteiger partial charge in [0.1, 0.15) is 23.0 Å². The van der Waals surface area contributed by atoms with Gasteiger partial charge in [-0.2, -0.15) is 0 Å². The van der Waals surface area contributed by atoms with Crippen molar-refractivity contribution in [3.8, 4) is 0 Å². The van der Waals surface area contributed by atoms with Gasteiger partial charge in [0, 0.05) is 10.9 Å². The molecule has 4 rings (SSSR count). The van der Waals surface area contributed by atoms with Gasteiger partial charge in [0.15, 0.2) is 0 Å². The second-order valence-electron chi connectivity index (χ2n) is 5.85. The molecule has 1 aliphatic rings. The van der Waals surface area contributed by atoms with E-state index in [2.05, 4.69) is 15.3 Å². The van der Waals surface area contributed by atoms with Crippen LogP contribution in [-0.2, 0) is 0 Å². The zero-order valence-electron chi connectivity index (χ0n) is 12.0. The minimum Gasteiger partial charge on any atom is -0.380 e. The summed E-state index contributed by atoms with van der Waals surface area (Å²) in [7, 11) is 0. The van der Waals surface area contributed by atoms with Crippen molar-refractivity contribution in [2.24, 2.45) is 0 Å². The molecule has 1 fully saturated rings. The van der Waals surface area contributed by atoms with Crippen LogP contribution in [0.5, 0.6) is 0 Å². The van der Waals surface area contributed by atoms with E-state index in [4.69, 9.17) is 0 Å². The van der Waals surface area contributed by atoms with E-state index in [9.17, 15) is 5.11 Å². The monoisotopic (exact) mass is 303 g/mol. The van der Waals surface area contributed by atoms with Gasteiger partial charge in [0.2, 0.25) is 0 Å². The molecule has 3 aromatic heterocycles. The summed E-state index contributed by atoms with van der Waals surface area (Å²) >= 11 is 1.72. The highest BCUT2D eigenvalue weighted by atomic mass is 32.1. The fraction of sp³-hybridized carbons (Fsp3) is 0.500. The Hall–Kier alpha value is -1.73. The fourth-order valence-electron chi connectivity index (χ4n) is 2.54. The Morgan fingerprint density at radius 1 is 1.38 bits per heavy atom. The van der Waals surface area contributed by atoms with Crippen molar-refractivity contribution >= 4 is 16.2 Å². The van der Waals surface area contributed by atoms with Crippen molar-refractivity contribution in [1.82, 2.24) is 24.4 Å². The molecule has 0 saturated heterocycles. The van der Waals surface area contributed by atoms with E-state index in [1.807, 2.05) is 30.6 Å². The molecule has 7 heteroatoms. The van der Waals surface area contributed by atoms with E-state index >= 15 is 0 Å². The van der Waals surface area contributed by atoms with Gasteiger partial charge in [-0.15, -0.1) is 16.4 Å². The van der Waals surface area contributed by atoms with Gasteiger partial charge in [-0.3, -0.25) is 4.40 Å². The molecule has 3 aromatic rings. The van der Waals surface area contributed by atoms with Crippen LogP contribution in [0.4, 0.5) is 0 Å². The predicted molar refractivity (Wildman–Crippen MR) is 79.5 cm³/mol. The molecule has 1 unspecified atom stereocenters. The molecule has 6 nitrogen and oxygen atoms in total. The van der Waals surface area contributed by atoms with E-state index in [1.54, 1.807) is 22.3 Å². The quantitative estimate of drug-likeness (QED) is 0.804. The highest BCUT2D eigenvalue weighted by molar-refractivity contribution is 7.17. The van der Waals surface area contributed by atoms with Crippen molar-refractivity contribution in [2.75, 3.05) is 0 Å². The molecule has 1 N–H and O–H groups in total. The Labute approximate surface area is 126 Å². The summed E-state index contributed by atoms with van der Waals surface area (Å²) < 4.78 is 3.75. The topological polar surface area (TPSA) is 68.2 Å². The molecule has 0 amide bonds. The summed E-state index contributed by atoms with van der Waals surface area (Å²) in [4.78, 5) is 6.51. The third-order valence-electron chi connectivity index (χ3n) is 3.88. The Bertz CT molecular complexity index is 782. The standard InChI is InChI=1S/C14H17N5OS/c1-8(2)19-6-10(16-17-19)13(20)12-14(9-3-4-9)21-11-5-15-7-18(11)12/h5-9,13,20H,3-4H2,1-2H3. The highest BCUT2D eigenvalue weighted by Crippen LogP contribution is 2.47. The maximum atomic E-state index is 10.8. The highest BCUT2D eigenvalue weighted by Gasteiger charge is 2.33. The minimum atomic E-state index is -0.754. The number of fused-ring (bicyclic) bond motifs is 1. The third kappa shape index (κ3) is 2.08. The van der Waals surface area contributed by atoms with Crippen molar-refractivity contribution in [3.05, 3.63) is 35.0 Å². The molecule has 110 valence electrons. The number of nitrogens with zero attached hydrogens (tertiary/aromatic N) is 5. The zero-order valence-corrected chi connectivity index (χ0v) is 12.8. The molecule has 1 aliphatic carbocycles. The first-order valence-electron chi connectivity index (χ1n) is 7.19. The Balaban J connectivity index is 1.80. The lowest BCUT2D eigenvalue weighted by Gasteiger charge is -2.09. The van der Waals surface area contributed by atoms with Crippen molar-refractivity contribution in [2.45, 2.75) is 44.8 Å². The van der Waals surface area contributed by atoms with Crippen LogP contribution in [0.25, 0.3) is 4.83 Å². The summed E-state index contributed by atoms with van der Waals surface area (Å²) in [6.45, 7) is 4.08. The Kier molecular flexibility index (Phi) is 2.87. The molecule has 0 spiro atoms. The van der Waals surface area contributed by atoms with Crippen molar-refractivity contribution in [1.29, 1.82) is 0 Å². The number of hydrogen-bond donors (Lipinski definition) is 1. The molecule has 1 saturated carbocycles. The number of rotatable bonds is 4. The average molecular weight is 303 g/mol. The summed E-state index contributed by atoms with van der Waals surface area (Å²) in [5, 5.41) is 19.0. The molecule has 0 bridgehead atoms. The number of imidazole rings is 1. The SMILES string of the molecule is CC(C)n1cc(C(O)c2c(C3CC3)sc3cncn23)nn1. The van der Waals surface area contributed by atoms with Crippen LogP contribution >= 0.6 is 11.3 Å². The van der Waals surface area contributed by atoms with Crippen LogP contribution < -0.4 is 0 Å². The maximum absolute atomic E-state index is 10.8. The normalized spacial score (nSPS) is 17.0. The van der Waals surface area contributed by atoms with Crippen LogP contribution in [0.15, 0.2) is 18.7 Å². The van der Waals surface area contributed by atoms with E-state index in [0.717, 1.165) is 10.5 Å². The van der Waals surface area contributed by atoms with Gasteiger partial charge in [-0.1, -0.05) is 5.21 Å². The minimum absolute atomic E-state index is 0.233. The largest absolute Gasteiger partial charge is 0.380 e. The number of aliphatic hydroxyl groups excluding tert-OH is 1. The average Bonchev–Trinajstić information content (AvgIpc) is 2.91. The van der Waals surface area contributed by atoms with Crippen molar-refractivity contribution in [3.63, 3.8) is 0 Å². The fourth-order valence-corrected chi connectivity index (χ4v) is 3.84. The molecule has 0 radical (unpaired) electrons. The van der Waals surface area contributed by atoms with E-state index in [0.29, 0.717) is 11.6 Å². The lowest BCUT2D eigenvalue weighted by Crippen LogP contribution is -2.06. The molecular weight excluding hydrogens is 286 g/mol. The Morgan fingerprint density at radius 2 is 2.19 bits per heavy atom. The predicted octanol–water partition coefficient (Wildman–Crippen LogP) is 2.53. The summed E-state index contributed by atoms with van der Waals surface area (Å²) in [5.41, 5.74) is 1.50. The second kappa shape index (κ2) is 4.64. The van der Waals surface area contributed by atoms with E-state index in [1.165, 1.54) is 17.7 Å². The number of aromatic nitrogens is 5. The molecule has 0 aliphatic heterocycles. The molecule has 3 heterocycles. The van der Waals surface area contributed by atoms with Crippen LogP contribution in [0.2, 0.25) is 0 Å². The van der Waals surface area contributed by atoms with Gasteiger partial charge in [-0.05, 0) is 32.6 Å². The van der Waals surface area contributed by atoms with Gasteiger partial charge in [0.25, 0.3) is 0 Å². The van der Waals surface area contributed by atoms with Crippen LogP contribution in [0, 0.1) is 0 Å². The van der Waals surface area contributed by atoms with Gasteiger partial charge >= 0.3 is 0 Å². The van der Waals surface area contributed by atoms with Crippen molar-refractivity contribution < 1.29 is 5.11 Å². The molecular formula is C14H17N5OS. The van der Waals surface area contributed by atoms with Gasteiger partial charge in [0.05, 0.1) is 18.1 Å². The van der Waals surface area contributed by atoms with E-state index < -0.39 is 6.10 Å². The van der Waals surface area contributed by atoms with Crippen LogP contribution in [-0.4, -0.2) is 29.5 Å². The van der Waals surface area contributed by atoms with Crippen LogP contribution in [0.1, 0.15) is 61.0 Å². The van der Waals surface area contributed by atoms with Gasteiger partial charge in [-0.25, -0.2) is 9.67 Å². The molecule has 1 atom stereocenters. The smallest absolute Gasteiger partial charge is 0.141 e. The molecule has 0 aromatic carbocycles. The lowest BCUT2D eigenvalue weighted by molar-refractivity contribution is 0.208. The van der Waals surface area contributed by atoms with Crippen LogP contribution in [0.3, 0.4) is 0 Å². The van der Waals surface area contributed by atoms with Gasteiger partial charge < -0.3 is 5.11 Å². The number of hydrogen-bond acceptors (Lipinski definition) is 5. The Morgan fingerprint density at radius 3 is 2.86 bits per heavy atom. The lowest BCUT2D eigenvalue weighted by atomic mass is 10.1.